The zero-order valence-corrected chi connectivity index (χ0v) is 18.8. The maximum Gasteiger partial charge on any atom is 0.326 e. The molecular formula is C22H23ClF3N5O3. The van der Waals surface area contributed by atoms with Crippen molar-refractivity contribution >= 4 is 29.4 Å². The molecule has 2 fully saturated rings. The average Bonchev–Trinajstić information content (AvgIpc) is 3.21. The smallest absolute Gasteiger partial charge is 0.326 e. The molecule has 4 rings (SSSR count). The molecule has 182 valence electrons. The maximum absolute atomic E-state index is 13.5. The van der Waals surface area contributed by atoms with Crippen molar-refractivity contribution in [3.63, 3.8) is 0 Å². The zero-order chi connectivity index (χ0) is 24.2. The van der Waals surface area contributed by atoms with Gasteiger partial charge >= 0.3 is 6.03 Å². The number of hydrogen-bond donors (Lipinski definition) is 1. The van der Waals surface area contributed by atoms with Crippen molar-refractivity contribution in [2.75, 3.05) is 24.6 Å². The van der Waals surface area contributed by atoms with E-state index in [0.29, 0.717) is 38.8 Å². The number of ether oxygens (including phenoxy) is 1. The fourth-order valence-electron chi connectivity index (χ4n) is 4.21. The summed E-state index contributed by atoms with van der Waals surface area (Å²) in [5.41, 5.74) is -0.432. The van der Waals surface area contributed by atoms with Gasteiger partial charge < -0.3 is 15.0 Å². The van der Waals surface area contributed by atoms with E-state index >= 15 is 0 Å². The van der Waals surface area contributed by atoms with Gasteiger partial charge in [-0.2, -0.15) is 0 Å². The van der Waals surface area contributed by atoms with Crippen LogP contribution in [-0.4, -0.2) is 58.6 Å². The van der Waals surface area contributed by atoms with Crippen LogP contribution in [0.4, 0.5) is 23.8 Å². The first-order chi connectivity index (χ1) is 16.3. The van der Waals surface area contributed by atoms with Crippen LogP contribution in [-0.2, 0) is 4.79 Å². The molecule has 0 spiro atoms. The van der Waals surface area contributed by atoms with Crippen molar-refractivity contribution in [3.05, 3.63) is 47.1 Å². The summed E-state index contributed by atoms with van der Waals surface area (Å²) in [6.45, 7) is 0.664. The lowest BCUT2D eigenvalue weighted by atomic mass is 9.90. The van der Waals surface area contributed by atoms with E-state index in [4.69, 9.17) is 16.3 Å². The van der Waals surface area contributed by atoms with Crippen LogP contribution in [0, 0.1) is 5.82 Å². The minimum atomic E-state index is -2.71. The molecule has 0 unspecified atom stereocenters. The highest BCUT2D eigenvalue weighted by Crippen LogP contribution is 2.28. The lowest BCUT2D eigenvalue weighted by Crippen LogP contribution is -2.46. The highest BCUT2D eigenvalue weighted by atomic mass is 35.5. The number of carbonyl (C=O) groups is 2. The first-order valence-electron chi connectivity index (χ1n) is 10.9. The summed E-state index contributed by atoms with van der Waals surface area (Å²) in [7, 11) is 0. The topological polar surface area (TPSA) is 87.7 Å². The van der Waals surface area contributed by atoms with Crippen LogP contribution >= 0.6 is 11.6 Å². The number of halogens is 4. The number of amides is 3. The first kappa shape index (κ1) is 24.1. The Balaban J connectivity index is 1.23. The molecule has 0 bridgehead atoms. The van der Waals surface area contributed by atoms with Gasteiger partial charge in [0.2, 0.25) is 0 Å². The predicted molar refractivity (Wildman–Crippen MR) is 118 cm³/mol. The Bertz CT molecular complexity index is 1030. The molecule has 2 aliphatic rings. The molecular weight excluding hydrogens is 475 g/mol. The van der Waals surface area contributed by atoms with Crippen molar-refractivity contribution in [1.82, 2.24) is 20.2 Å². The number of aromatic nitrogens is 2. The Kier molecular flexibility index (Phi) is 7.40. The van der Waals surface area contributed by atoms with E-state index in [2.05, 4.69) is 15.3 Å². The molecule has 1 N–H and O–H groups in total. The lowest BCUT2D eigenvalue weighted by Gasteiger charge is -2.34. The normalized spacial score (nSPS) is 20.7. The van der Waals surface area contributed by atoms with Gasteiger partial charge in [0.25, 0.3) is 12.3 Å². The fraction of sp³-hybridized carbons (Fsp3) is 0.455. The number of alkyl halides is 2. The Morgan fingerprint density at radius 3 is 2.59 bits per heavy atom. The van der Waals surface area contributed by atoms with Gasteiger partial charge in [-0.1, -0.05) is 11.6 Å². The largest absolute Gasteiger partial charge is 0.484 e. The molecule has 34 heavy (non-hydrogen) atoms. The van der Waals surface area contributed by atoms with Crippen LogP contribution in [0.2, 0.25) is 5.02 Å². The monoisotopic (exact) mass is 497 g/mol. The summed E-state index contributed by atoms with van der Waals surface area (Å²) in [5.74, 6) is -0.469. The van der Waals surface area contributed by atoms with Crippen LogP contribution in [0.5, 0.6) is 5.75 Å². The quantitative estimate of drug-likeness (QED) is 0.625. The van der Waals surface area contributed by atoms with Crippen LogP contribution in [0.25, 0.3) is 0 Å². The van der Waals surface area contributed by atoms with E-state index in [9.17, 15) is 22.8 Å². The molecule has 1 aromatic heterocycles. The Hall–Kier alpha value is -3.08. The number of nitrogens with one attached hydrogen (secondary N) is 1. The molecule has 2 heterocycles. The molecule has 1 saturated carbocycles. The molecule has 1 saturated heterocycles. The third-order valence-corrected chi connectivity index (χ3v) is 6.27. The summed E-state index contributed by atoms with van der Waals surface area (Å²) in [6, 6.07) is 3.71. The van der Waals surface area contributed by atoms with E-state index in [1.807, 2.05) is 0 Å². The Morgan fingerprint density at radius 2 is 1.94 bits per heavy atom. The second-order valence-corrected chi connectivity index (χ2v) is 8.57. The number of benzene rings is 1. The highest BCUT2D eigenvalue weighted by Gasteiger charge is 2.37. The van der Waals surface area contributed by atoms with Crippen LogP contribution in [0.3, 0.4) is 0 Å². The molecule has 2 aromatic rings. The molecule has 3 amide bonds. The third kappa shape index (κ3) is 5.52. The summed E-state index contributed by atoms with van der Waals surface area (Å²) in [4.78, 5) is 35.9. The van der Waals surface area contributed by atoms with Gasteiger partial charge in [-0.15, -0.1) is 0 Å². The standard InChI is InChI=1S/C22H23ClF3N5O3/c23-16-6-5-15(9-17(16)24)34-12-20(32)29-13-1-3-14(4-2-13)30-7-8-31(22(30)33)19-11-27-18(10-28-19)21(25)26/h5-6,9-11,13-14,21H,1-4,7-8,12H2,(H,29,32)/t13-,14-. The summed E-state index contributed by atoms with van der Waals surface area (Å²) < 4.78 is 44.1. The van der Waals surface area contributed by atoms with Crippen LogP contribution in [0.1, 0.15) is 37.8 Å². The maximum atomic E-state index is 13.5. The molecule has 1 aliphatic carbocycles. The fourth-order valence-corrected chi connectivity index (χ4v) is 4.32. The molecule has 1 aromatic carbocycles. The third-order valence-electron chi connectivity index (χ3n) is 5.96. The van der Waals surface area contributed by atoms with Gasteiger partial charge in [-0.3, -0.25) is 9.69 Å². The van der Waals surface area contributed by atoms with Gasteiger partial charge in [-0.25, -0.2) is 27.9 Å². The Labute approximate surface area is 199 Å². The van der Waals surface area contributed by atoms with E-state index in [1.54, 1.807) is 4.90 Å². The molecule has 0 atom stereocenters. The SMILES string of the molecule is O=C(COc1ccc(Cl)c(F)c1)N[C@H]1CC[C@H](N2CCN(c3cnc(C(F)F)cn3)C2=O)CC1. The van der Waals surface area contributed by atoms with Gasteiger partial charge in [0.1, 0.15) is 17.3 Å². The van der Waals surface area contributed by atoms with E-state index in [-0.39, 0.29) is 47.2 Å². The molecule has 8 nitrogen and oxygen atoms in total. The second-order valence-electron chi connectivity index (χ2n) is 8.17. The van der Waals surface area contributed by atoms with Crippen molar-refractivity contribution < 1.29 is 27.5 Å². The average molecular weight is 498 g/mol. The number of nitrogens with zero attached hydrogens (tertiary/aromatic N) is 4. The van der Waals surface area contributed by atoms with E-state index < -0.39 is 17.9 Å². The predicted octanol–water partition coefficient (Wildman–Crippen LogP) is 3.96. The number of urea groups is 1. The van der Waals surface area contributed by atoms with Gasteiger partial charge in [0.15, 0.2) is 12.4 Å². The van der Waals surface area contributed by atoms with Gasteiger partial charge in [-0.05, 0) is 37.8 Å². The van der Waals surface area contributed by atoms with Crippen molar-refractivity contribution in [2.45, 2.75) is 44.2 Å². The summed E-state index contributed by atoms with van der Waals surface area (Å²) in [5, 5.41) is 2.89. The van der Waals surface area contributed by atoms with Crippen LogP contribution < -0.4 is 15.0 Å². The molecule has 0 radical (unpaired) electrons. The lowest BCUT2D eigenvalue weighted by molar-refractivity contribution is -0.124. The van der Waals surface area contributed by atoms with Crippen molar-refractivity contribution in [3.8, 4) is 5.75 Å². The van der Waals surface area contributed by atoms with Crippen molar-refractivity contribution in [1.29, 1.82) is 0 Å². The first-order valence-corrected chi connectivity index (χ1v) is 11.2. The number of carbonyl (C=O) groups excluding carboxylic acids is 2. The minimum absolute atomic E-state index is 0.0206. The van der Waals surface area contributed by atoms with Gasteiger partial charge in [0, 0.05) is 31.2 Å². The molecule has 12 heteroatoms. The zero-order valence-electron chi connectivity index (χ0n) is 18.1. The number of anilines is 1. The summed E-state index contributed by atoms with van der Waals surface area (Å²) >= 11 is 5.63. The van der Waals surface area contributed by atoms with E-state index in [1.165, 1.54) is 23.2 Å². The Morgan fingerprint density at radius 1 is 1.18 bits per heavy atom. The molecule has 1 aliphatic heterocycles. The second kappa shape index (κ2) is 10.5. The summed E-state index contributed by atoms with van der Waals surface area (Å²) in [6.07, 6.45) is 2.27. The minimum Gasteiger partial charge on any atom is -0.484 e. The van der Waals surface area contributed by atoms with E-state index in [0.717, 1.165) is 12.3 Å². The van der Waals surface area contributed by atoms with Crippen LogP contribution in [0.15, 0.2) is 30.6 Å². The van der Waals surface area contributed by atoms with Gasteiger partial charge in [0.05, 0.1) is 17.4 Å². The van der Waals surface area contributed by atoms with Crippen molar-refractivity contribution in [2.24, 2.45) is 0 Å². The highest BCUT2D eigenvalue weighted by molar-refractivity contribution is 6.30. The number of hydrogen-bond acceptors (Lipinski definition) is 5. The number of rotatable bonds is 7.